The molecule has 2 aromatic rings. The average Bonchev–Trinajstić information content (AvgIpc) is 3.19. The van der Waals surface area contributed by atoms with E-state index in [2.05, 4.69) is 9.88 Å². The van der Waals surface area contributed by atoms with Crippen LogP contribution >= 0.6 is 12.4 Å². The van der Waals surface area contributed by atoms with Crippen molar-refractivity contribution in [3.8, 4) is 11.4 Å². The number of ether oxygens (including phenoxy) is 1. The Kier molecular flexibility index (Phi) is 6.73. The molecule has 1 aliphatic heterocycles. The number of hydrogen-bond donors (Lipinski definition) is 1. The summed E-state index contributed by atoms with van der Waals surface area (Å²) in [7, 11) is 3.60. The van der Waals surface area contributed by atoms with Crippen LogP contribution in [0.3, 0.4) is 0 Å². The highest BCUT2D eigenvalue weighted by Gasteiger charge is 2.30. The van der Waals surface area contributed by atoms with E-state index in [4.69, 9.17) is 4.74 Å². The van der Waals surface area contributed by atoms with Gasteiger partial charge in [-0.05, 0) is 64.1 Å². The molecule has 0 spiro atoms. The van der Waals surface area contributed by atoms with Crippen LogP contribution in [0.25, 0.3) is 5.69 Å². The zero-order chi connectivity index (χ0) is 18.0. The van der Waals surface area contributed by atoms with Gasteiger partial charge in [-0.2, -0.15) is 0 Å². The van der Waals surface area contributed by atoms with Crippen LogP contribution in [-0.4, -0.2) is 48.7 Å². The molecule has 1 fully saturated rings. The van der Waals surface area contributed by atoms with E-state index in [0.717, 1.165) is 54.3 Å². The Morgan fingerprint density at radius 2 is 1.96 bits per heavy atom. The van der Waals surface area contributed by atoms with E-state index in [-0.39, 0.29) is 18.3 Å². The lowest BCUT2D eigenvalue weighted by Gasteiger charge is -2.24. The first kappa shape index (κ1) is 20.3. The van der Waals surface area contributed by atoms with Gasteiger partial charge in [-0.1, -0.05) is 0 Å². The number of likely N-dealkylation sites (tertiary alicyclic amines) is 1. The van der Waals surface area contributed by atoms with E-state index >= 15 is 0 Å². The van der Waals surface area contributed by atoms with Crippen LogP contribution in [0.2, 0.25) is 0 Å². The molecule has 0 radical (unpaired) electrons. The molecule has 1 atom stereocenters. The number of nitrogens with zero attached hydrogens (tertiary/aromatic N) is 2. The number of methoxy groups -OCH3 is 1. The van der Waals surface area contributed by atoms with E-state index in [9.17, 15) is 4.79 Å². The number of likely N-dealkylation sites (N-methyl/N-ethyl adjacent to an activating group) is 1. The monoisotopic (exact) mass is 377 g/mol. The molecule has 1 amide bonds. The quantitative estimate of drug-likeness (QED) is 0.869. The zero-order valence-electron chi connectivity index (χ0n) is 15.9. The van der Waals surface area contributed by atoms with Crippen molar-refractivity contribution in [1.82, 2.24) is 14.8 Å². The van der Waals surface area contributed by atoms with Crippen molar-refractivity contribution in [2.24, 2.45) is 0 Å². The first-order valence-corrected chi connectivity index (χ1v) is 8.85. The van der Waals surface area contributed by atoms with Crippen LogP contribution in [0.4, 0.5) is 0 Å². The molecule has 0 aliphatic carbocycles. The van der Waals surface area contributed by atoms with Crippen LogP contribution < -0.4 is 10.1 Å². The fourth-order valence-electron chi connectivity index (χ4n) is 3.81. The van der Waals surface area contributed by atoms with Crippen LogP contribution in [0, 0.1) is 13.8 Å². The summed E-state index contributed by atoms with van der Waals surface area (Å²) in [5.74, 6) is 0.972. The number of nitrogens with one attached hydrogen (secondary N) is 1. The maximum atomic E-state index is 13.1. The summed E-state index contributed by atoms with van der Waals surface area (Å²) >= 11 is 0. The number of hydrogen-bond acceptors (Lipinski definition) is 3. The zero-order valence-corrected chi connectivity index (χ0v) is 16.7. The highest BCUT2D eigenvalue weighted by atomic mass is 35.5. The first-order chi connectivity index (χ1) is 12.1. The molecule has 1 saturated heterocycles. The third-order valence-electron chi connectivity index (χ3n) is 5.07. The summed E-state index contributed by atoms with van der Waals surface area (Å²) in [6.45, 7) is 5.76. The topological polar surface area (TPSA) is 46.5 Å². The number of aromatic nitrogens is 1. The van der Waals surface area contributed by atoms with Gasteiger partial charge >= 0.3 is 0 Å². The summed E-state index contributed by atoms with van der Waals surface area (Å²) in [6.07, 6.45) is 2.15. The normalized spacial score (nSPS) is 16.5. The van der Waals surface area contributed by atoms with E-state index in [1.165, 1.54) is 0 Å². The lowest BCUT2D eigenvalue weighted by Crippen LogP contribution is -2.41. The van der Waals surface area contributed by atoms with E-state index in [1.54, 1.807) is 7.11 Å². The molecule has 2 heterocycles. The minimum Gasteiger partial charge on any atom is -0.497 e. The minimum absolute atomic E-state index is 0. The van der Waals surface area contributed by atoms with Crippen molar-refractivity contribution in [2.45, 2.75) is 32.7 Å². The van der Waals surface area contributed by atoms with Gasteiger partial charge in [-0.3, -0.25) is 4.79 Å². The van der Waals surface area contributed by atoms with Crippen LogP contribution in [0.1, 0.15) is 34.6 Å². The summed E-state index contributed by atoms with van der Waals surface area (Å²) in [5.41, 5.74) is 3.90. The first-order valence-electron chi connectivity index (χ1n) is 8.85. The fourth-order valence-corrected chi connectivity index (χ4v) is 3.81. The van der Waals surface area contributed by atoms with Crippen molar-refractivity contribution in [1.29, 1.82) is 0 Å². The van der Waals surface area contributed by atoms with Gasteiger partial charge in [-0.15, -0.1) is 12.4 Å². The molecule has 1 aromatic carbocycles. The van der Waals surface area contributed by atoms with E-state index in [0.29, 0.717) is 6.04 Å². The predicted octanol–water partition coefficient (Wildman–Crippen LogP) is 3.35. The Labute approximate surface area is 161 Å². The average molecular weight is 378 g/mol. The minimum atomic E-state index is 0. The lowest BCUT2D eigenvalue weighted by atomic mass is 10.1. The molecule has 3 rings (SSSR count). The van der Waals surface area contributed by atoms with Crippen molar-refractivity contribution < 1.29 is 9.53 Å². The highest BCUT2D eigenvalue weighted by molar-refractivity contribution is 5.96. The molecule has 1 aromatic heterocycles. The number of aryl methyl sites for hydroxylation is 1. The maximum absolute atomic E-state index is 13.1. The van der Waals surface area contributed by atoms with Gasteiger partial charge in [0.25, 0.3) is 5.91 Å². The van der Waals surface area contributed by atoms with E-state index in [1.807, 2.05) is 56.1 Å². The summed E-state index contributed by atoms with van der Waals surface area (Å²) < 4.78 is 7.37. The number of rotatable bonds is 5. The predicted molar refractivity (Wildman–Crippen MR) is 107 cm³/mol. The van der Waals surface area contributed by atoms with Gasteiger partial charge in [0.15, 0.2) is 0 Å². The molecule has 1 aliphatic rings. The highest BCUT2D eigenvalue weighted by Crippen LogP contribution is 2.26. The Bertz CT molecular complexity index is 755. The van der Waals surface area contributed by atoms with Crippen LogP contribution in [0.5, 0.6) is 5.75 Å². The largest absolute Gasteiger partial charge is 0.497 e. The summed E-state index contributed by atoms with van der Waals surface area (Å²) in [5, 5.41) is 3.20. The van der Waals surface area contributed by atoms with E-state index < -0.39 is 0 Å². The molecule has 142 valence electrons. The van der Waals surface area contributed by atoms with Crippen molar-refractivity contribution in [3.63, 3.8) is 0 Å². The van der Waals surface area contributed by atoms with Crippen LogP contribution in [0.15, 0.2) is 30.3 Å². The fraction of sp³-hybridized carbons (Fsp3) is 0.450. The molecule has 26 heavy (non-hydrogen) atoms. The van der Waals surface area contributed by atoms with Gasteiger partial charge in [0.1, 0.15) is 5.75 Å². The number of carbonyl (C=O) groups is 1. The van der Waals surface area contributed by atoms with Gasteiger partial charge in [0.2, 0.25) is 0 Å². The Morgan fingerprint density at radius 3 is 2.58 bits per heavy atom. The third-order valence-corrected chi connectivity index (χ3v) is 5.07. The molecule has 5 nitrogen and oxygen atoms in total. The molecule has 6 heteroatoms. The molecule has 0 saturated carbocycles. The van der Waals surface area contributed by atoms with Crippen LogP contribution in [-0.2, 0) is 0 Å². The third kappa shape index (κ3) is 3.74. The Hall–Kier alpha value is -1.98. The molecule has 1 N–H and O–H groups in total. The SMILES string of the molecule is CNCC1CCCN1C(=O)c1cc(C)n(-c2ccc(OC)cc2)c1C.Cl. The Balaban J connectivity index is 0.00000243. The van der Waals surface area contributed by atoms with Gasteiger partial charge < -0.3 is 19.5 Å². The summed E-state index contributed by atoms with van der Waals surface area (Å²) in [4.78, 5) is 15.1. The smallest absolute Gasteiger partial charge is 0.255 e. The maximum Gasteiger partial charge on any atom is 0.255 e. The number of amides is 1. The van der Waals surface area contributed by atoms with Crippen molar-refractivity contribution in [3.05, 3.63) is 47.3 Å². The molecular weight excluding hydrogens is 350 g/mol. The second-order valence-electron chi connectivity index (χ2n) is 6.67. The number of carbonyl (C=O) groups excluding carboxylic acids is 1. The molecule has 0 bridgehead atoms. The second-order valence-corrected chi connectivity index (χ2v) is 6.67. The molecule has 1 unspecified atom stereocenters. The van der Waals surface area contributed by atoms with Gasteiger partial charge in [-0.25, -0.2) is 0 Å². The van der Waals surface area contributed by atoms with Gasteiger partial charge in [0, 0.05) is 36.2 Å². The number of halogens is 1. The summed E-state index contributed by atoms with van der Waals surface area (Å²) in [6, 6.07) is 10.2. The second kappa shape index (κ2) is 8.60. The van der Waals surface area contributed by atoms with Gasteiger partial charge in [0.05, 0.1) is 12.7 Å². The molecular formula is C20H28ClN3O2. The van der Waals surface area contributed by atoms with Crippen molar-refractivity contribution in [2.75, 3.05) is 27.2 Å². The van der Waals surface area contributed by atoms with Crippen molar-refractivity contribution >= 4 is 18.3 Å². The standard InChI is InChI=1S/C20H27N3O2.ClH/c1-14-12-19(20(24)22-11-5-6-17(22)13-21-3)15(2)23(14)16-7-9-18(25-4)10-8-16;/h7-10,12,17,21H,5-6,11,13H2,1-4H3;1H. The Morgan fingerprint density at radius 1 is 1.27 bits per heavy atom. The number of benzene rings is 1. The lowest BCUT2D eigenvalue weighted by molar-refractivity contribution is 0.0736.